The Kier molecular flexibility index (Phi) is 4.75. The first-order valence-electron chi connectivity index (χ1n) is 7.80. The quantitative estimate of drug-likeness (QED) is 0.906. The summed E-state index contributed by atoms with van der Waals surface area (Å²) in [6.45, 7) is 0.277. The summed E-state index contributed by atoms with van der Waals surface area (Å²) >= 11 is 0. The highest BCUT2D eigenvalue weighted by Gasteiger charge is 2.31. The summed E-state index contributed by atoms with van der Waals surface area (Å²) in [7, 11) is 0. The van der Waals surface area contributed by atoms with E-state index < -0.39 is 12.6 Å². The SMILES string of the molecule is OCCC1CCc2ccccc2N1Cc1nc(CC(F)(F)F)no1. The second kappa shape index (κ2) is 6.80. The lowest BCUT2D eigenvalue weighted by Gasteiger charge is -2.38. The van der Waals surface area contributed by atoms with E-state index in [1.165, 1.54) is 5.56 Å². The normalized spacial score (nSPS) is 17.8. The van der Waals surface area contributed by atoms with Gasteiger partial charge < -0.3 is 14.5 Å². The second-order valence-electron chi connectivity index (χ2n) is 5.86. The van der Waals surface area contributed by atoms with Gasteiger partial charge in [-0.3, -0.25) is 0 Å². The van der Waals surface area contributed by atoms with Crippen LogP contribution in [0.2, 0.25) is 0 Å². The number of anilines is 1. The third-order valence-corrected chi connectivity index (χ3v) is 4.13. The summed E-state index contributed by atoms with van der Waals surface area (Å²) in [6, 6.07) is 7.95. The van der Waals surface area contributed by atoms with Crippen LogP contribution in [0.25, 0.3) is 0 Å². The van der Waals surface area contributed by atoms with Gasteiger partial charge in [-0.1, -0.05) is 23.4 Å². The van der Waals surface area contributed by atoms with Gasteiger partial charge in [0.1, 0.15) is 6.42 Å². The van der Waals surface area contributed by atoms with Gasteiger partial charge in [-0.05, 0) is 30.9 Å². The van der Waals surface area contributed by atoms with Gasteiger partial charge in [-0.15, -0.1) is 0 Å². The number of aliphatic hydroxyl groups excluding tert-OH is 1. The van der Waals surface area contributed by atoms with Crippen LogP contribution < -0.4 is 4.90 Å². The van der Waals surface area contributed by atoms with Crippen LogP contribution in [0.3, 0.4) is 0 Å². The molecule has 2 heterocycles. The fourth-order valence-electron chi connectivity index (χ4n) is 3.09. The van der Waals surface area contributed by atoms with Gasteiger partial charge >= 0.3 is 6.18 Å². The van der Waals surface area contributed by atoms with E-state index in [4.69, 9.17) is 4.52 Å². The van der Waals surface area contributed by atoms with Crippen molar-refractivity contribution >= 4 is 5.69 Å². The van der Waals surface area contributed by atoms with Crippen molar-refractivity contribution in [2.24, 2.45) is 0 Å². The fraction of sp³-hybridized carbons (Fsp3) is 0.500. The number of hydrogen-bond acceptors (Lipinski definition) is 5. The molecular formula is C16H18F3N3O2. The first kappa shape index (κ1) is 16.8. The van der Waals surface area contributed by atoms with Crippen LogP contribution in [-0.2, 0) is 19.4 Å². The Morgan fingerprint density at radius 3 is 2.83 bits per heavy atom. The van der Waals surface area contributed by atoms with Gasteiger partial charge in [0.25, 0.3) is 0 Å². The van der Waals surface area contributed by atoms with Crippen molar-refractivity contribution in [3.05, 3.63) is 41.5 Å². The molecule has 0 radical (unpaired) electrons. The average Bonchev–Trinajstić information content (AvgIpc) is 2.95. The minimum atomic E-state index is -4.36. The largest absolute Gasteiger partial charge is 0.396 e. The Balaban J connectivity index is 1.81. The molecule has 0 aliphatic carbocycles. The minimum absolute atomic E-state index is 0.0481. The average molecular weight is 341 g/mol. The number of nitrogens with zero attached hydrogens (tertiary/aromatic N) is 3. The molecule has 1 aliphatic heterocycles. The van der Waals surface area contributed by atoms with Crippen LogP contribution in [0.15, 0.2) is 28.8 Å². The highest BCUT2D eigenvalue weighted by atomic mass is 19.4. The minimum Gasteiger partial charge on any atom is -0.396 e. The maximum Gasteiger partial charge on any atom is 0.396 e. The number of aryl methyl sites for hydroxylation is 1. The van der Waals surface area contributed by atoms with Crippen LogP contribution >= 0.6 is 0 Å². The molecular weight excluding hydrogens is 323 g/mol. The lowest BCUT2D eigenvalue weighted by atomic mass is 9.94. The van der Waals surface area contributed by atoms with Crippen molar-refractivity contribution in [2.75, 3.05) is 11.5 Å². The lowest BCUT2D eigenvalue weighted by Crippen LogP contribution is -2.39. The Morgan fingerprint density at radius 2 is 2.08 bits per heavy atom. The Labute approximate surface area is 137 Å². The summed E-state index contributed by atoms with van der Waals surface area (Å²) in [5.74, 6) is -0.213. The highest BCUT2D eigenvalue weighted by Crippen LogP contribution is 2.33. The Hall–Kier alpha value is -2.09. The second-order valence-corrected chi connectivity index (χ2v) is 5.86. The highest BCUT2D eigenvalue weighted by molar-refractivity contribution is 5.56. The molecule has 8 heteroatoms. The van der Waals surface area contributed by atoms with E-state index in [0.717, 1.165) is 18.5 Å². The van der Waals surface area contributed by atoms with Crippen molar-refractivity contribution in [2.45, 2.75) is 44.4 Å². The molecule has 0 amide bonds. The molecule has 1 aliphatic rings. The van der Waals surface area contributed by atoms with Crippen LogP contribution in [0.1, 0.15) is 30.1 Å². The Bertz CT molecular complexity index is 687. The molecule has 1 aromatic carbocycles. The summed E-state index contributed by atoms with van der Waals surface area (Å²) in [5, 5.41) is 12.7. The van der Waals surface area contributed by atoms with E-state index >= 15 is 0 Å². The zero-order chi connectivity index (χ0) is 17.2. The van der Waals surface area contributed by atoms with Crippen LogP contribution in [0.4, 0.5) is 18.9 Å². The van der Waals surface area contributed by atoms with Gasteiger partial charge in [-0.2, -0.15) is 18.2 Å². The van der Waals surface area contributed by atoms with Crippen LogP contribution in [0.5, 0.6) is 0 Å². The number of aliphatic hydroxyl groups is 1. The molecule has 130 valence electrons. The molecule has 1 N–H and O–H groups in total. The van der Waals surface area contributed by atoms with E-state index in [2.05, 4.69) is 10.1 Å². The molecule has 0 spiro atoms. The molecule has 1 aromatic heterocycles. The molecule has 1 unspecified atom stereocenters. The molecule has 5 nitrogen and oxygen atoms in total. The first-order valence-corrected chi connectivity index (χ1v) is 7.80. The van der Waals surface area contributed by atoms with Crippen LogP contribution in [0, 0.1) is 0 Å². The summed E-state index contributed by atoms with van der Waals surface area (Å²) in [6.07, 6.45) is -3.22. The first-order chi connectivity index (χ1) is 11.5. The molecule has 0 bridgehead atoms. The molecule has 1 atom stereocenters. The molecule has 0 fully saturated rings. The molecule has 0 saturated carbocycles. The van der Waals surface area contributed by atoms with Crippen molar-refractivity contribution in [1.82, 2.24) is 10.1 Å². The number of fused-ring (bicyclic) bond motifs is 1. The van der Waals surface area contributed by atoms with Crippen molar-refractivity contribution in [3.63, 3.8) is 0 Å². The molecule has 0 saturated heterocycles. The van der Waals surface area contributed by atoms with E-state index in [-0.39, 0.29) is 30.9 Å². The van der Waals surface area contributed by atoms with Crippen LogP contribution in [-0.4, -0.2) is 34.1 Å². The number of benzene rings is 1. The van der Waals surface area contributed by atoms with Gasteiger partial charge in [0, 0.05) is 18.3 Å². The summed E-state index contributed by atoms with van der Waals surface area (Å²) in [5.41, 5.74) is 2.17. The predicted octanol–water partition coefficient (Wildman–Crippen LogP) is 2.88. The zero-order valence-electron chi connectivity index (χ0n) is 13.0. The monoisotopic (exact) mass is 341 g/mol. The van der Waals surface area contributed by atoms with Gasteiger partial charge in [0.15, 0.2) is 5.82 Å². The maximum absolute atomic E-state index is 12.4. The van der Waals surface area contributed by atoms with Crippen molar-refractivity contribution < 1.29 is 22.8 Å². The number of aromatic nitrogens is 2. The van der Waals surface area contributed by atoms with Gasteiger partial charge in [-0.25, -0.2) is 0 Å². The van der Waals surface area contributed by atoms with E-state index in [0.29, 0.717) is 6.42 Å². The van der Waals surface area contributed by atoms with Gasteiger partial charge in [0.2, 0.25) is 5.89 Å². The zero-order valence-corrected chi connectivity index (χ0v) is 13.0. The van der Waals surface area contributed by atoms with E-state index in [1.807, 2.05) is 29.2 Å². The molecule has 3 rings (SSSR count). The predicted molar refractivity (Wildman–Crippen MR) is 80.5 cm³/mol. The van der Waals surface area contributed by atoms with Crippen molar-refractivity contribution in [1.29, 1.82) is 0 Å². The van der Waals surface area contributed by atoms with Gasteiger partial charge in [0.05, 0.1) is 6.54 Å². The molecule has 24 heavy (non-hydrogen) atoms. The summed E-state index contributed by atoms with van der Waals surface area (Å²) < 4.78 is 42.2. The fourth-order valence-corrected chi connectivity index (χ4v) is 3.09. The lowest BCUT2D eigenvalue weighted by molar-refractivity contribution is -0.128. The van der Waals surface area contributed by atoms with E-state index in [1.54, 1.807) is 0 Å². The van der Waals surface area contributed by atoms with E-state index in [9.17, 15) is 18.3 Å². The number of hydrogen-bond donors (Lipinski definition) is 1. The number of halogens is 3. The van der Waals surface area contributed by atoms with Crippen molar-refractivity contribution in [3.8, 4) is 0 Å². The summed E-state index contributed by atoms with van der Waals surface area (Å²) in [4.78, 5) is 5.88. The standard InChI is InChI=1S/C16H18F3N3O2/c17-16(18,19)9-14-20-15(24-21-14)10-22-12(7-8-23)6-5-11-3-1-2-4-13(11)22/h1-4,12,23H,5-10H2. The number of rotatable bonds is 5. The topological polar surface area (TPSA) is 62.4 Å². The maximum atomic E-state index is 12.4. The smallest absolute Gasteiger partial charge is 0.396 e. The third kappa shape index (κ3) is 3.87. The number of para-hydroxylation sites is 1. The number of alkyl halides is 3. The molecule has 2 aromatic rings. The Morgan fingerprint density at radius 1 is 1.29 bits per heavy atom. The third-order valence-electron chi connectivity index (χ3n) is 4.13.